The van der Waals surface area contributed by atoms with E-state index in [4.69, 9.17) is 0 Å². The summed E-state index contributed by atoms with van der Waals surface area (Å²) in [6.45, 7) is 9.09. The second-order valence-corrected chi connectivity index (χ2v) is 5.51. The molecular formula is C14H28N2O3. The third-order valence-corrected chi connectivity index (χ3v) is 3.23. The SMILES string of the molecule is COC(=O)C(C)CN(C)C(C)C(=O)NCCC(C)C. The molecule has 1 N–H and O–H groups in total. The summed E-state index contributed by atoms with van der Waals surface area (Å²) >= 11 is 0. The molecule has 0 aliphatic rings. The predicted octanol–water partition coefficient (Wildman–Crippen LogP) is 1.28. The van der Waals surface area contributed by atoms with Gasteiger partial charge in [-0.1, -0.05) is 20.8 Å². The molecule has 0 rings (SSSR count). The lowest BCUT2D eigenvalue weighted by Crippen LogP contribution is -2.45. The van der Waals surface area contributed by atoms with E-state index in [9.17, 15) is 9.59 Å². The molecule has 1 amide bonds. The summed E-state index contributed by atoms with van der Waals surface area (Å²) in [5.41, 5.74) is 0. The minimum absolute atomic E-state index is 0.000200. The maximum atomic E-state index is 11.9. The molecule has 19 heavy (non-hydrogen) atoms. The number of carbonyl (C=O) groups excluding carboxylic acids is 2. The molecule has 0 aromatic heterocycles. The van der Waals surface area contributed by atoms with Crippen LogP contribution in [-0.2, 0) is 14.3 Å². The van der Waals surface area contributed by atoms with Gasteiger partial charge in [-0.15, -0.1) is 0 Å². The third kappa shape index (κ3) is 7.15. The fraction of sp³-hybridized carbons (Fsp3) is 0.857. The van der Waals surface area contributed by atoms with Crippen LogP contribution in [0.25, 0.3) is 0 Å². The van der Waals surface area contributed by atoms with E-state index in [2.05, 4.69) is 23.9 Å². The summed E-state index contributed by atoms with van der Waals surface area (Å²) in [7, 11) is 3.22. The molecule has 0 aliphatic carbocycles. The van der Waals surface area contributed by atoms with E-state index >= 15 is 0 Å². The minimum Gasteiger partial charge on any atom is -0.469 e. The number of carbonyl (C=O) groups is 2. The zero-order valence-electron chi connectivity index (χ0n) is 13.0. The Morgan fingerprint density at radius 2 is 1.79 bits per heavy atom. The Morgan fingerprint density at radius 3 is 2.26 bits per heavy atom. The highest BCUT2D eigenvalue weighted by Crippen LogP contribution is 2.05. The zero-order chi connectivity index (χ0) is 15.0. The first kappa shape index (κ1) is 17.9. The summed E-state index contributed by atoms with van der Waals surface area (Å²) in [4.78, 5) is 25.1. The first-order valence-electron chi connectivity index (χ1n) is 6.85. The van der Waals surface area contributed by atoms with Crippen LogP contribution >= 0.6 is 0 Å². The van der Waals surface area contributed by atoms with Gasteiger partial charge in [-0.25, -0.2) is 0 Å². The molecule has 0 spiro atoms. The monoisotopic (exact) mass is 272 g/mol. The summed E-state index contributed by atoms with van der Waals surface area (Å²) < 4.78 is 4.68. The molecule has 0 saturated carbocycles. The number of hydrogen-bond acceptors (Lipinski definition) is 4. The molecular weight excluding hydrogens is 244 g/mol. The lowest BCUT2D eigenvalue weighted by atomic mass is 10.1. The van der Waals surface area contributed by atoms with Crippen LogP contribution in [0.1, 0.15) is 34.1 Å². The number of nitrogens with zero attached hydrogens (tertiary/aromatic N) is 1. The minimum atomic E-state index is -0.251. The van der Waals surface area contributed by atoms with Gasteiger partial charge in [0.2, 0.25) is 5.91 Å². The molecule has 5 heteroatoms. The average molecular weight is 272 g/mol. The molecule has 112 valence electrons. The molecule has 0 bridgehead atoms. The predicted molar refractivity (Wildman–Crippen MR) is 75.7 cm³/mol. The summed E-state index contributed by atoms with van der Waals surface area (Å²) in [6.07, 6.45) is 0.973. The van der Waals surface area contributed by atoms with Crippen molar-refractivity contribution in [2.75, 3.05) is 27.2 Å². The van der Waals surface area contributed by atoms with Gasteiger partial charge < -0.3 is 10.1 Å². The van der Waals surface area contributed by atoms with Crippen LogP contribution in [-0.4, -0.2) is 50.1 Å². The molecule has 0 heterocycles. The Hall–Kier alpha value is -1.10. The molecule has 0 aromatic carbocycles. The fourth-order valence-electron chi connectivity index (χ4n) is 1.70. The number of methoxy groups -OCH3 is 1. The van der Waals surface area contributed by atoms with E-state index in [1.165, 1.54) is 7.11 Å². The van der Waals surface area contributed by atoms with Crippen LogP contribution in [0.15, 0.2) is 0 Å². The molecule has 0 fully saturated rings. The number of nitrogens with one attached hydrogen (secondary N) is 1. The third-order valence-electron chi connectivity index (χ3n) is 3.23. The number of hydrogen-bond donors (Lipinski definition) is 1. The van der Waals surface area contributed by atoms with Crippen molar-refractivity contribution in [1.82, 2.24) is 10.2 Å². The highest BCUT2D eigenvalue weighted by atomic mass is 16.5. The van der Waals surface area contributed by atoms with Crippen molar-refractivity contribution in [3.05, 3.63) is 0 Å². The highest BCUT2D eigenvalue weighted by molar-refractivity contribution is 5.81. The lowest BCUT2D eigenvalue weighted by Gasteiger charge is -2.26. The molecule has 0 aromatic rings. The molecule has 0 saturated heterocycles. The molecule has 2 unspecified atom stereocenters. The largest absolute Gasteiger partial charge is 0.469 e. The van der Waals surface area contributed by atoms with Gasteiger partial charge in [0.05, 0.1) is 19.1 Å². The van der Waals surface area contributed by atoms with Crippen LogP contribution in [0.2, 0.25) is 0 Å². The quantitative estimate of drug-likeness (QED) is 0.676. The second-order valence-electron chi connectivity index (χ2n) is 5.51. The standard InChI is InChI=1S/C14H28N2O3/c1-10(2)7-8-15-13(17)12(4)16(5)9-11(3)14(18)19-6/h10-12H,7-9H2,1-6H3,(H,15,17). The Labute approximate surface area is 116 Å². The van der Waals surface area contributed by atoms with Crippen molar-refractivity contribution in [3.63, 3.8) is 0 Å². The van der Waals surface area contributed by atoms with Crippen molar-refractivity contribution in [3.8, 4) is 0 Å². The maximum absolute atomic E-state index is 11.9. The van der Waals surface area contributed by atoms with E-state index in [0.717, 1.165) is 6.42 Å². The molecule has 0 radical (unpaired) electrons. The first-order chi connectivity index (χ1) is 8.79. The Kier molecular flexibility index (Phi) is 8.39. The Morgan fingerprint density at radius 1 is 1.21 bits per heavy atom. The summed E-state index contributed by atoms with van der Waals surface area (Å²) in [5, 5.41) is 2.91. The number of ether oxygens (including phenoxy) is 1. The van der Waals surface area contributed by atoms with Crippen molar-refractivity contribution in [2.45, 2.75) is 40.2 Å². The summed E-state index contributed by atoms with van der Waals surface area (Å²) in [5.74, 6) is 0.0908. The van der Waals surface area contributed by atoms with Crippen molar-refractivity contribution >= 4 is 11.9 Å². The number of rotatable bonds is 8. The number of esters is 1. The lowest BCUT2D eigenvalue weighted by molar-refractivity contribution is -0.146. The highest BCUT2D eigenvalue weighted by Gasteiger charge is 2.22. The summed E-state index contributed by atoms with van der Waals surface area (Å²) in [6, 6.07) is -0.251. The van der Waals surface area contributed by atoms with Crippen LogP contribution in [0, 0.1) is 11.8 Å². The Balaban J connectivity index is 4.13. The second kappa shape index (κ2) is 8.91. The zero-order valence-corrected chi connectivity index (χ0v) is 13.0. The topological polar surface area (TPSA) is 58.6 Å². The van der Waals surface area contributed by atoms with Gasteiger partial charge >= 0.3 is 5.97 Å². The Bertz CT molecular complexity index is 292. The van der Waals surface area contributed by atoms with Gasteiger partial charge in [-0.3, -0.25) is 14.5 Å². The van der Waals surface area contributed by atoms with Crippen LogP contribution in [0.4, 0.5) is 0 Å². The van der Waals surface area contributed by atoms with E-state index < -0.39 is 0 Å². The van der Waals surface area contributed by atoms with Crippen molar-refractivity contribution in [2.24, 2.45) is 11.8 Å². The molecule has 2 atom stereocenters. The first-order valence-corrected chi connectivity index (χ1v) is 6.85. The van der Waals surface area contributed by atoms with E-state index in [-0.39, 0.29) is 23.8 Å². The number of likely N-dealkylation sites (N-methyl/N-ethyl adjacent to an activating group) is 1. The molecule has 0 aliphatic heterocycles. The van der Waals surface area contributed by atoms with Crippen molar-refractivity contribution < 1.29 is 14.3 Å². The van der Waals surface area contributed by atoms with Gasteiger partial charge in [0, 0.05) is 13.1 Å². The van der Waals surface area contributed by atoms with Crippen LogP contribution < -0.4 is 5.32 Å². The van der Waals surface area contributed by atoms with E-state index in [0.29, 0.717) is 19.0 Å². The maximum Gasteiger partial charge on any atom is 0.309 e. The van der Waals surface area contributed by atoms with Gasteiger partial charge in [0.1, 0.15) is 0 Å². The van der Waals surface area contributed by atoms with Crippen LogP contribution in [0.3, 0.4) is 0 Å². The van der Waals surface area contributed by atoms with Crippen LogP contribution in [0.5, 0.6) is 0 Å². The smallest absolute Gasteiger partial charge is 0.309 e. The number of amides is 1. The fourth-order valence-corrected chi connectivity index (χ4v) is 1.70. The van der Waals surface area contributed by atoms with Gasteiger partial charge in [0.25, 0.3) is 0 Å². The van der Waals surface area contributed by atoms with Crippen molar-refractivity contribution in [1.29, 1.82) is 0 Å². The average Bonchev–Trinajstić information content (AvgIpc) is 2.35. The van der Waals surface area contributed by atoms with E-state index in [1.54, 1.807) is 6.92 Å². The van der Waals surface area contributed by atoms with E-state index in [1.807, 2.05) is 18.9 Å². The normalized spacial score (nSPS) is 14.3. The van der Waals surface area contributed by atoms with Gasteiger partial charge in [0.15, 0.2) is 0 Å². The van der Waals surface area contributed by atoms with Gasteiger partial charge in [-0.05, 0) is 26.3 Å². The van der Waals surface area contributed by atoms with Gasteiger partial charge in [-0.2, -0.15) is 0 Å². The molecule has 5 nitrogen and oxygen atoms in total.